The number of carboxylic acids is 1. The van der Waals surface area contributed by atoms with Gasteiger partial charge in [-0.3, -0.25) is 9.59 Å². The third kappa shape index (κ3) is 3.48. The van der Waals surface area contributed by atoms with Gasteiger partial charge in [0.1, 0.15) is 6.54 Å². The number of carboxylic acid groups (broad SMARTS) is 1. The van der Waals surface area contributed by atoms with E-state index in [0.717, 1.165) is 10.9 Å². The lowest BCUT2D eigenvalue weighted by Gasteiger charge is -2.06. The summed E-state index contributed by atoms with van der Waals surface area (Å²) < 4.78 is 1.79. The van der Waals surface area contributed by atoms with Crippen LogP contribution in [0.4, 0.5) is 0 Å². The van der Waals surface area contributed by atoms with Crippen LogP contribution in [-0.2, 0) is 16.1 Å². The van der Waals surface area contributed by atoms with E-state index in [4.69, 9.17) is 16.7 Å². The number of aliphatic carboxylic acids is 1. The Hall–Kier alpha value is -2.01. The lowest BCUT2D eigenvalue weighted by Crippen LogP contribution is -2.29. The molecule has 1 heterocycles. The monoisotopic (exact) mass is 280 g/mol. The van der Waals surface area contributed by atoms with Gasteiger partial charge in [0.25, 0.3) is 0 Å². The number of nitrogens with one attached hydrogen (secondary N) is 1. The van der Waals surface area contributed by atoms with E-state index in [1.54, 1.807) is 16.8 Å². The maximum Gasteiger partial charge on any atom is 0.305 e. The topological polar surface area (TPSA) is 71.3 Å². The van der Waals surface area contributed by atoms with Crippen molar-refractivity contribution in [2.24, 2.45) is 0 Å². The van der Waals surface area contributed by atoms with Crippen LogP contribution < -0.4 is 5.32 Å². The summed E-state index contributed by atoms with van der Waals surface area (Å²) in [4.78, 5) is 22.0. The number of halogens is 1. The smallest absolute Gasteiger partial charge is 0.305 e. The van der Waals surface area contributed by atoms with Crippen molar-refractivity contribution >= 4 is 34.4 Å². The molecular formula is C13H13ClN2O3. The molecule has 0 saturated heterocycles. The van der Waals surface area contributed by atoms with Crippen LogP contribution in [0.1, 0.15) is 6.42 Å². The summed E-state index contributed by atoms with van der Waals surface area (Å²) in [5.74, 6) is -1.14. The molecule has 0 radical (unpaired) electrons. The number of amides is 1. The largest absolute Gasteiger partial charge is 0.481 e. The number of benzene rings is 1. The molecule has 0 atom stereocenters. The maximum atomic E-state index is 11.7. The molecule has 100 valence electrons. The summed E-state index contributed by atoms with van der Waals surface area (Å²) in [6.45, 7) is 0.296. The first-order valence-corrected chi connectivity index (χ1v) is 6.17. The van der Waals surface area contributed by atoms with Crippen molar-refractivity contribution in [1.82, 2.24) is 9.88 Å². The van der Waals surface area contributed by atoms with Crippen molar-refractivity contribution in [2.45, 2.75) is 13.0 Å². The van der Waals surface area contributed by atoms with E-state index in [2.05, 4.69) is 5.32 Å². The number of nitrogens with zero attached hydrogens (tertiary/aromatic N) is 1. The highest BCUT2D eigenvalue weighted by atomic mass is 35.5. The van der Waals surface area contributed by atoms with Gasteiger partial charge in [-0.2, -0.15) is 0 Å². The van der Waals surface area contributed by atoms with E-state index in [0.29, 0.717) is 5.02 Å². The van der Waals surface area contributed by atoms with Gasteiger partial charge in [0.2, 0.25) is 5.91 Å². The number of hydrogen-bond acceptors (Lipinski definition) is 2. The Balaban J connectivity index is 2.01. The minimum Gasteiger partial charge on any atom is -0.481 e. The summed E-state index contributed by atoms with van der Waals surface area (Å²) in [6, 6.07) is 7.33. The number of fused-ring (bicyclic) bond motifs is 1. The Morgan fingerprint density at radius 3 is 2.84 bits per heavy atom. The zero-order chi connectivity index (χ0) is 13.8. The predicted octanol–water partition coefficient (Wildman–Crippen LogP) is 1.89. The minimum atomic E-state index is -0.929. The molecule has 2 rings (SSSR count). The average molecular weight is 281 g/mol. The molecule has 0 bridgehead atoms. The second-order valence-electron chi connectivity index (χ2n) is 4.14. The zero-order valence-electron chi connectivity index (χ0n) is 10.1. The second kappa shape index (κ2) is 5.75. The number of hydrogen-bond donors (Lipinski definition) is 2. The van der Waals surface area contributed by atoms with Crippen LogP contribution in [0.5, 0.6) is 0 Å². The van der Waals surface area contributed by atoms with Crippen molar-refractivity contribution in [3.8, 4) is 0 Å². The van der Waals surface area contributed by atoms with E-state index < -0.39 is 5.97 Å². The fraction of sp³-hybridized carbons (Fsp3) is 0.231. The molecule has 5 nitrogen and oxygen atoms in total. The minimum absolute atomic E-state index is 0.0756. The Labute approximate surface area is 114 Å². The molecule has 19 heavy (non-hydrogen) atoms. The molecule has 0 fully saturated rings. The molecule has 1 aromatic carbocycles. The quantitative estimate of drug-likeness (QED) is 0.878. The van der Waals surface area contributed by atoms with Crippen molar-refractivity contribution in [3.63, 3.8) is 0 Å². The van der Waals surface area contributed by atoms with Gasteiger partial charge < -0.3 is 15.0 Å². The van der Waals surface area contributed by atoms with E-state index >= 15 is 0 Å². The summed E-state index contributed by atoms with van der Waals surface area (Å²) >= 11 is 5.89. The molecule has 0 aliphatic rings. The zero-order valence-corrected chi connectivity index (χ0v) is 10.9. The standard InChI is InChI=1S/C13H13ClN2O3/c14-10-1-2-11-9(7-10)4-6-16(11)8-12(17)15-5-3-13(18)19/h1-2,4,6-7H,3,5,8H2,(H,15,17)(H,18,19). The molecular weight excluding hydrogens is 268 g/mol. The first-order chi connectivity index (χ1) is 9.06. The lowest BCUT2D eigenvalue weighted by molar-refractivity contribution is -0.136. The fourth-order valence-electron chi connectivity index (χ4n) is 1.83. The summed E-state index contributed by atoms with van der Waals surface area (Å²) in [6.07, 6.45) is 1.73. The van der Waals surface area contributed by atoms with Gasteiger partial charge in [-0.1, -0.05) is 11.6 Å². The first kappa shape index (κ1) is 13.4. The fourth-order valence-corrected chi connectivity index (χ4v) is 2.01. The Bertz CT molecular complexity index is 621. The molecule has 0 aliphatic carbocycles. The lowest BCUT2D eigenvalue weighted by atomic mass is 10.2. The van der Waals surface area contributed by atoms with Gasteiger partial charge in [0.15, 0.2) is 0 Å². The van der Waals surface area contributed by atoms with E-state index in [1.165, 1.54) is 0 Å². The Morgan fingerprint density at radius 2 is 2.11 bits per heavy atom. The van der Waals surface area contributed by atoms with Gasteiger partial charge in [0.05, 0.1) is 6.42 Å². The van der Waals surface area contributed by atoms with Crippen LogP contribution in [0.2, 0.25) is 5.02 Å². The molecule has 2 aromatic rings. The summed E-state index contributed by atoms with van der Waals surface area (Å²) in [7, 11) is 0. The van der Waals surface area contributed by atoms with Crippen molar-refractivity contribution in [1.29, 1.82) is 0 Å². The van der Waals surface area contributed by atoms with Crippen molar-refractivity contribution in [2.75, 3.05) is 6.54 Å². The number of carbonyl (C=O) groups is 2. The molecule has 6 heteroatoms. The van der Waals surface area contributed by atoms with E-state index in [1.807, 2.05) is 18.2 Å². The average Bonchev–Trinajstić information content (AvgIpc) is 2.71. The van der Waals surface area contributed by atoms with Crippen LogP contribution >= 0.6 is 11.6 Å². The number of aromatic nitrogens is 1. The molecule has 0 aliphatic heterocycles. The van der Waals surface area contributed by atoms with Crippen molar-refractivity contribution < 1.29 is 14.7 Å². The van der Waals surface area contributed by atoms with Crippen molar-refractivity contribution in [3.05, 3.63) is 35.5 Å². The highest BCUT2D eigenvalue weighted by molar-refractivity contribution is 6.31. The molecule has 1 amide bonds. The van der Waals surface area contributed by atoms with Crippen LogP contribution in [0.3, 0.4) is 0 Å². The highest BCUT2D eigenvalue weighted by Gasteiger charge is 2.07. The van der Waals surface area contributed by atoms with Gasteiger partial charge in [-0.05, 0) is 24.3 Å². The van der Waals surface area contributed by atoms with E-state index in [-0.39, 0.29) is 25.4 Å². The van der Waals surface area contributed by atoms with Gasteiger partial charge in [-0.25, -0.2) is 0 Å². The maximum absolute atomic E-state index is 11.7. The van der Waals surface area contributed by atoms with E-state index in [9.17, 15) is 9.59 Å². The number of rotatable bonds is 5. The van der Waals surface area contributed by atoms with Crippen LogP contribution in [0.25, 0.3) is 10.9 Å². The molecule has 0 spiro atoms. The van der Waals surface area contributed by atoms with Crippen LogP contribution in [-0.4, -0.2) is 28.1 Å². The molecule has 0 saturated carbocycles. The first-order valence-electron chi connectivity index (χ1n) is 5.79. The third-order valence-electron chi connectivity index (χ3n) is 2.71. The van der Waals surface area contributed by atoms with Gasteiger partial charge in [0, 0.05) is 28.7 Å². The summed E-state index contributed by atoms with van der Waals surface area (Å²) in [5, 5.41) is 12.7. The highest BCUT2D eigenvalue weighted by Crippen LogP contribution is 2.20. The Kier molecular flexibility index (Phi) is 4.06. The molecule has 1 aromatic heterocycles. The number of carbonyl (C=O) groups excluding carboxylic acids is 1. The molecule has 2 N–H and O–H groups in total. The Morgan fingerprint density at radius 1 is 1.32 bits per heavy atom. The van der Waals surface area contributed by atoms with Crippen LogP contribution in [0.15, 0.2) is 30.5 Å². The van der Waals surface area contributed by atoms with Gasteiger partial charge >= 0.3 is 5.97 Å². The normalized spacial score (nSPS) is 10.6. The SMILES string of the molecule is O=C(O)CCNC(=O)Cn1ccc2cc(Cl)ccc21. The van der Waals surface area contributed by atoms with Gasteiger partial charge in [-0.15, -0.1) is 0 Å². The predicted molar refractivity (Wildman–Crippen MR) is 72.2 cm³/mol. The van der Waals surface area contributed by atoms with Crippen LogP contribution in [0, 0.1) is 0 Å². The second-order valence-corrected chi connectivity index (χ2v) is 4.58. The molecule has 0 unspecified atom stereocenters. The summed E-state index contributed by atoms with van der Waals surface area (Å²) in [5.41, 5.74) is 0.915. The third-order valence-corrected chi connectivity index (χ3v) is 2.94.